The molecule has 0 spiro atoms. The van der Waals surface area contributed by atoms with Crippen molar-refractivity contribution in [3.63, 3.8) is 0 Å². The lowest BCUT2D eigenvalue weighted by molar-refractivity contribution is -0.904. The lowest BCUT2D eigenvalue weighted by atomic mass is 10.1. The summed E-state index contributed by atoms with van der Waals surface area (Å²) in [5, 5.41) is 2.31. The van der Waals surface area contributed by atoms with Gasteiger partial charge in [0.1, 0.15) is 18.9 Å². The number of quaternary nitrogens is 1. The lowest BCUT2D eigenvalue weighted by Gasteiger charge is -2.31. The zero-order valence-corrected chi connectivity index (χ0v) is 16.5. The van der Waals surface area contributed by atoms with Crippen LogP contribution in [0.15, 0.2) is 65.3 Å². The number of amides is 1. The van der Waals surface area contributed by atoms with Crippen molar-refractivity contribution in [2.45, 2.75) is 0 Å². The molecule has 6 heteroatoms. The highest BCUT2D eigenvalue weighted by molar-refractivity contribution is 5.91. The summed E-state index contributed by atoms with van der Waals surface area (Å²) in [4.78, 5) is 15.6. The molecule has 0 atom stereocenters. The van der Waals surface area contributed by atoms with E-state index in [4.69, 9.17) is 13.9 Å². The first-order valence-electron chi connectivity index (χ1n) is 10.2. The highest BCUT2D eigenvalue weighted by Crippen LogP contribution is 2.24. The number of ether oxygens (including phenoxy) is 2. The first kappa shape index (κ1) is 19.5. The van der Waals surface area contributed by atoms with Gasteiger partial charge < -0.3 is 23.7 Å². The summed E-state index contributed by atoms with van der Waals surface area (Å²) in [6.07, 6.45) is 1.54. The zero-order chi connectivity index (χ0) is 19.9. The zero-order valence-electron chi connectivity index (χ0n) is 16.5. The molecule has 29 heavy (non-hydrogen) atoms. The molecule has 1 N–H and O–H groups in total. The second-order valence-corrected chi connectivity index (χ2v) is 7.21. The van der Waals surface area contributed by atoms with Crippen LogP contribution >= 0.6 is 0 Å². The molecule has 0 radical (unpaired) electrons. The maximum absolute atomic E-state index is 12.3. The summed E-state index contributed by atoms with van der Waals surface area (Å²) in [6, 6.07) is 17.8. The van der Waals surface area contributed by atoms with Crippen LogP contribution in [-0.4, -0.2) is 63.4 Å². The van der Waals surface area contributed by atoms with Crippen molar-refractivity contribution < 1.29 is 23.6 Å². The van der Waals surface area contributed by atoms with E-state index in [1.54, 1.807) is 12.1 Å². The van der Waals surface area contributed by atoms with Crippen LogP contribution in [0.2, 0.25) is 0 Å². The van der Waals surface area contributed by atoms with E-state index in [9.17, 15) is 4.79 Å². The summed E-state index contributed by atoms with van der Waals surface area (Å²) < 4.78 is 16.9. The number of rotatable bonds is 8. The van der Waals surface area contributed by atoms with Crippen molar-refractivity contribution in [3.8, 4) is 5.75 Å². The standard InChI is InChI=1S/C23H26N2O4/c26-23(22-9-4-15-28-22)25-12-10-24(11-13-25)14-16-27-17-18-29-21-8-3-6-19-5-1-2-7-20(19)21/h1-9,15H,10-14,16-18H2/p+1. The van der Waals surface area contributed by atoms with Gasteiger partial charge in [-0.1, -0.05) is 36.4 Å². The molecule has 0 aliphatic carbocycles. The molecule has 152 valence electrons. The smallest absolute Gasteiger partial charge is 0.289 e. The molecule has 1 amide bonds. The van der Waals surface area contributed by atoms with E-state index in [0.29, 0.717) is 25.6 Å². The van der Waals surface area contributed by atoms with Gasteiger partial charge in [0.2, 0.25) is 0 Å². The van der Waals surface area contributed by atoms with Gasteiger partial charge in [-0.25, -0.2) is 0 Å². The Morgan fingerprint density at radius 3 is 2.62 bits per heavy atom. The first-order valence-corrected chi connectivity index (χ1v) is 10.2. The average molecular weight is 395 g/mol. The topological polar surface area (TPSA) is 56.4 Å². The van der Waals surface area contributed by atoms with Crippen molar-refractivity contribution in [2.75, 3.05) is 52.5 Å². The van der Waals surface area contributed by atoms with Gasteiger partial charge in [0.15, 0.2) is 5.76 Å². The van der Waals surface area contributed by atoms with Gasteiger partial charge in [-0.15, -0.1) is 0 Å². The number of nitrogens with one attached hydrogen (secondary N) is 1. The number of hydrogen-bond donors (Lipinski definition) is 1. The second kappa shape index (κ2) is 9.58. The maximum Gasteiger partial charge on any atom is 0.289 e. The SMILES string of the molecule is O=C(c1ccco1)N1CC[NH+](CCOCCOc2cccc3ccccc23)CC1. The number of carbonyl (C=O) groups excluding carboxylic acids is 1. The van der Waals surface area contributed by atoms with E-state index < -0.39 is 0 Å². The quantitative estimate of drug-likeness (QED) is 0.592. The molecule has 3 aromatic rings. The fourth-order valence-electron chi connectivity index (χ4n) is 3.68. The van der Waals surface area contributed by atoms with E-state index in [0.717, 1.165) is 43.9 Å². The molecular formula is C23H27N2O4+. The van der Waals surface area contributed by atoms with Gasteiger partial charge in [0, 0.05) is 5.39 Å². The van der Waals surface area contributed by atoms with Crippen molar-refractivity contribution in [1.82, 2.24) is 4.90 Å². The first-order chi connectivity index (χ1) is 14.3. The highest BCUT2D eigenvalue weighted by Gasteiger charge is 2.25. The van der Waals surface area contributed by atoms with Crippen LogP contribution in [0.1, 0.15) is 10.6 Å². The fourth-order valence-corrected chi connectivity index (χ4v) is 3.68. The Labute approximate surface area is 170 Å². The number of benzene rings is 2. The molecule has 4 rings (SSSR count). The summed E-state index contributed by atoms with van der Waals surface area (Å²) in [5.74, 6) is 1.30. The molecule has 0 unspecified atom stereocenters. The van der Waals surface area contributed by atoms with E-state index in [1.807, 2.05) is 29.2 Å². The Bertz CT molecular complexity index is 912. The number of fused-ring (bicyclic) bond motifs is 1. The van der Waals surface area contributed by atoms with Crippen LogP contribution in [0.25, 0.3) is 10.8 Å². The largest absolute Gasteiger partial charge is 0.491 e. The van der Waals surface area contributed by atoms with Gasteiger partial charge in [-0.2, -0.15) is 0 Å². The van der Waals surface area contributed by atoms with Gasteiger partial charge in [-0.05, 0) is 23.6 Å². The molecule has 1 saturated heterocycles. The Balaban J connectivity index is 1.12. The third-order valence-electron chi connectivity index (χ3n) is 5.32. The van der Waals surface area contributed by atoms with E-state index in [-0.39, 0.29) is 5.91 Å². The van der Waals surface area contributed by atoms with Crippen LogP contribution in [0.5, 0.6) is 5.75 Å². The van der Waals surface area contributed by atoms with Crippen LogP contribution in [0.3, 0.4) is 0 Å². The Morgan fingerprint density at radius 1 is 0.966 bits per heavy atom. The van der Waals surface area contributed by atoms with E-state index in [2.05, 4.69) is 18.2 Å². The Kier molecular flexibility index (Phi) is 6.44. The summed E-state index contributed by atoms with van der Waals surface area (Å²) in [5.41, 5.74) is 0. The Morgan fingerprint density at radius 2 is 1.79 bits per heavy atom. The molecule has 2 aromatic carbocycles. The van der Waals surface area contributed by atoms with Gasteiger partial charge in [0.25, 0.3) is 5.91 Å². The van der Waals surface area contributed by atoms with Crippen LogP contribution < -0.4 is 9.64 Å². The number of piperazine rings is 1. The number of carbonyl (C=O) groups is 1. The molecule has 0 saturated carbocycles. The summed E-state index contributed by atoms with van der Waals surface area (Å²) in [6.45, 7) is 6.11. The van der Waals surface area contributed by atoms with Crippen molar-refractivity contribution in [3.05, 3.63) is 66.6 Å². The fraction of sp³-hybridized carbons (Fsp3) is 0.348. The van der Waals surface area contributed by atoms with Crippen molar-refractivity contribution in [2.24, 2.45) is 0 Å². The average Bonchev–Trinajstić information content (AvgIpc) is 3.31. The predicted molar refractivity (Wildman–Crippen MR) is 110 cm³/mol. The van der Waals surface area contributed by atoms with Gasteiger partial charge in [-0.3, -0.25) is 4.79 Å². The molecule has 1 aromatic heterocycles. The summed E-state index contributed by atoms with van der Waals surface area (Å²) in [7, 11) is 0. The van der Waals surface area contributed by atoms with Crippen molar-refractivity contribution in [1.29, 1.82) is 0 Å². The normalized spacial score (nSPS) is 15.0. The molecular weight excluding hydrogens is 368 g/mol. The van der Waals surface area contributed by atoms with Crippen LogP contribution in [0, 0.1) is 0 Å². The molecule has 1 aliphatic rings. The molecule has 2 heterocycles. The minimum absolute atomic E-state index is 0.0177. The number of nitrogens with zero attached hydrogens (tertiary/aromatic N) is 1. The highest BCUT2D eigenvalue weighted by atomic mass is 16.5. The molecule has 6 nitrogen and oxygen atoms in total. The third-order valence-corrected chi connectivity index (χ3v) is 5.32. The van der Waals surface area contributed by atoms with Gasteiger partial charge >= 0.3 is 0 Å². The minimum atomic E-state index is -0.0177. The Hall–Kier alpha value is -2.83. The van der Waals surface area contributed by atoms with Crippen LogP contribution in [-0.2, 0) is 4.74 Å². The molecule has 1 fully saturated rings. The van der Waals surface area contributed by atoms with E-state index >= 15 is 0 Å². The number of furan rings is 1. The number of hydrogen-bond acceptors (Lipinski definition) is 4. The third kappa shape index (κ3) is 4.96. The maximum atomic E-state index is 12.3. The molecule has 1 aliphatic heterocycles. The summed E-state index contributed by atoms with van der Waals surface area (Å²) >= 11 is 0. The van der Waals surface area contributed by atoms with Crippen LogP contribution in [0.4, 0.5) is 0 Å². The van der Waals surface area contributed by atoms with Crippen molar-refractivity contribution >= 4 is 16.7 Å². The van der Waals surface area contributed by atoms with E-state index in [1.165, 1.54) is 16.5 Å². The molecule has 0 bridgehead atoms. The van der Waals surface area contributed by atoms with Gasteiger partial charge in [0.05, 0.1) is 45.7 Å². The minimum Gasteiger partial charge on any atom is -0.491 e. The lowest BCUT2D eigenvalue weighted by Crippen LogP contribution is -3.15. The second-order valence-electron chi connectivity index (χ2n) is 7.21. The monoisotopic (exact) mass is 395 g/mol. The predicted octanol–water partition coefficient (Wildman–Crippen LogP) is 1.87.